The van der Waals surface area contributed by atoms with Gasteiger partial charge in [-0.2, -0.15) is 0 Å². The van der Waals surface area contributed by atoms with Gasteiger partial charge in [-0.15, -0.1) is 0 Å². The largest absolute Gasteiger partial charge is 0.494 e. The van der Waals surface area contributed by atoms with Gasteiger partial charge in [-0.1, -0.05) is 0 Å². The summed E-state index contributed by atoms with van der Waals surface area (Å²) in [5.41, 5.74) is 0.375. The van der Waals surface area contributed by atoms with E-state index in [1.54, 1.807) is 6.07 Å². The third-order valence-corrected chi connectivity index (χ3v) is 1.59. The molecule has 0 aromatic heterocycles. The SMILES string of the molecule is COc1ccc(NC(=O)Br)cc1F. The monoisotopic (exact) mass is 247 g/mol. The molecular weight excluding hydrogens is 241 g/mol. The normalized spacial score (nSPS) is 9.46. The second kappa shape index (κ2) is 4.23. The van der Waals surface area contributed by atoms with E-state index in [9.17, 15) is 9.18 Å². The van der Waals surface area contributed by atoms with Crippen molar-refractivity contribution < 1.29 is 13.9 Å². The van der Waals surface area contributed by atoms with Crippen LogP contribution in [-0.2, 0) is 0 Å². The van der Waals surface area contributed by atoms with Crippen molar-refractivity contribution in [3.8, 4) is 5.75 Å². The topological polar surface area (TPSA) is 38.3 Å². The van der Waals surface area contributed by atoms with Crippen molar-refractivity contribution in [2.45, 2.75) is 0 Å². The summed E-state index contributed by atoms with van der Waals surface area (Å²) in [7, 11) is 1.38. The second-order valence-corrected chi connectivity index (χ2v) is 2.97. The van der Waals surface area contributed by atoms with Gasteiger partial charge in [0, 0.05) is 27.7 Å². The molecule has 13 heavy (non-hydrogen) atoms. The first-order chi connectivity index (χ1) is 6.13. The minimum absolute atomic E-state index is 0.146. The summed E-state index contributed by atoms with van der Waals surface area (Å²) in [6.07, 6.45) is 0. The molecule has 0 atom stereocenters. The highest BCUT2D eigenvalue weighted by Gasteiger charge is 2.03. The van der Waals surface area contributed by atoms with Crippen molar-refractivity contribution in [3.63, 3.8) is 0 Å². The van der Waals surface area contributed by atoms with E-state index in [-0.39, 0.29) is 5.75 Å². The van der Waals surface area contributed by atoms with E-state index >= 15 is 0 Å². The molecule has 0 aliphatic carbocycles. The van der Waals surface area contributed by atoms with E-state index in [4.69, 9.17) is 4.74 Å². The maximum Gasteiger partial charge on any atom is 0.291 e. The smallest absolute Gasteiger partial charge is 0.291 e. The molecule has 0 spiro atoms. The summed E-state index contributed by atoms with van der Waals surface area (Å²) in [6.45, 7) is 0. The maximum absolute atomic E-state index is 13.0. The molecule has 1 aromatic rings. The Morgan fingerprint density at radius 1 is 1.62 bits per heavy atom. The predicted molar refractivity (Wildman–Crippen MR) is 50.9 cm³/mol. The fourth-order valence-corrected chi connectivity index (χ4v) is 1.09. The zero-order valence-electron chi connectivity index (χ0n) is 6.80. The summed E-state index contributed by atoms with van der Waals surface area (Å²) in [4.78, 5) is 10.1. The van der Waals surface area contributed by atoms with Gasteiger partial charge in [-0.25, -0.2) is 4.39 Å². The van der Waals surface area contributed by atoms with E-state index in [1.807, 2.05) is 0 Å². The minimum Gasteiger partial charge on any atom is -0.494 e. The van der Waals surface area contributed by atoms with Gasteiger partial charge < -0.3 is 10.1 Å². The van der Waals surface area contributed by atoms with Crippen molar-refractivity contribution >= 4 is 26.4 Å². The molecule has 0 saturated heterocycles. The first-order valence-electron chi connectivity index (χ1n) is 3.43. The van der Waals surface area contributed by atoms with Gasteiger partial charge in [-0.05, 0) is 12.1 Å². The van der Waals surface area contributed by atoms with Crippen LogP contribution in [0.3, 0.4) is 0 Å². The van der Waals surface area contributed by atoms with Crippen LogP contribution in [0.15, 0.2) is 18.2 Å². The molecule has 1 amide bonds. The first kappa shape index (κ1) is 9.98. The lowest BCUT2D eigenvalue weighted by Gasteiger charge is -2.04. The number of halogens is 2. The number of carbonyl (C=O) groups is 1. The zero-order chi connectivity index (χ0) is 9.84. The lowest BCUT2D eigenvalue weighted by molar-refractivity contribution is 0.270. The number of methoxy groups -OCH3 is 1. The zero-order valence-corrected chi connectivity index (χ0v) is 8.39. The molecule has 1 rings (SSSR count). The number of anilines is 1. The van der Waals surface area contributed by atoms with Crippen LogP contribution in [-0.4, -0.2) is 11.9 Å². The van der Waals surface area contributed by atoms with Gasteiger partial charge in [0.2, 0.25) is 0 Å². The molecule has 1 aromatic carbocycles. The highest BCUT2D eigenvalue weighted by Crippen LogP contribution is 2.20. The van der Waals surface area contributed by atoms with Gasteiger partial charge in [0.15, 0.2) is 11.6 Å². The third-order valence-electron chi connectivity index (χ3n) is 1.39. The summed E-state index contributed by atoms with van der Waals surface area (Å²) in [5.74, 6) is -0.367. The molecule has 1 N–H and O–H groups in total. The number of amides is 1. The van der Waals surface area contributed by atoms with Gasteiger partial charge in [0.05, 0.1) is 7.11 Å². The Morgan fingerprint density at radius 2 is 2.31 bits per heavy atom. The van der Waals surface area contributed by atoms with E-state index in [0.29, 0.717) is 5.69 Å². The Morgan fingerprint density at radius 3 is 2.77 bits per heavy atom. The Bertz CT molecular complexity index is 330. The van der Waals surface area contributed by atoms with E-state index < -0.39 is 10.6 Å². The van der Waals surface area contributed by atoms with Gasteiger partial charge in [0.1, 0.15) is 0 Å². The van der Waals surface area contributed by atoms with E-state index in [0.717, 1.165) is 0 Å². The summed E-state index contributed by atoms with van der Waals surface area (Å²) in [6, 6.07) is 4.16. The van der Waals surface area contributed by atoms with Crippen molar-refractivity contribution in [1.82, 2.24) is 0 Å². The summed E-state index contributed by atoms with van der Waals surface area (Å²) in [5, 5.41) is 2.38. The average Bonchev–Trinajstić information content (AvgIpc) is 2.03. The molecule has 0 fully saturated rings. The standard InChI is InChI=1S/C8H7BrFNO2/c1-13-7-3-2-5(4-6(7)10)11-8(9)12/h2-4H,1H3,(H,11,12). The van der Waals surface area contributed by atoms with Crippen LogP contribution in [0.4, 0.5) is 14.9 Å². The average molecular weight is 248 g/mol. The number of hydrogen-bond acceptors (Lipinski definition) is 2. The molecule has 0 aliphatic heterocycles. The fourth-order valence-electron chi connectivity index (χ4n) is 0.858. The predicted octanol–water partition coefficient (Wildman–Crippen LogP) is 2.76. The first-order valence-corrected chi connectivity index (χ1v) is 4.23. The molecule has 0 saturated carbocycles. The highest BCUT2D eigenvalue weighted by atomic mass is 79.9. The summed E-state index contributed by atoms with van der Waals surface area (Å²) >= 11 is 2.67. The van der Waals surface area contributed by atoms with Crippen molar-refractivity contribution in [1.29, 1.82) is 0 Å². The van der Waals surface area contributed by atoms with Crippen LogP contribution in [0, 0.1) is 5.82 Å². The molecule has 0 heterocycles. The lowest BCUT2D eigenvalue weighted by atomic mass is 10.3. The molecular formula is C8H7BrFNO2. The van der Waals surface area contributed by atoms with Gasteiger partial charge in [-0.3, -0.25) is 4.79 Å². The molecule has 5 heteroatoms. The van der Waals surface area contributed by atoms with E-state index in [2.05, 4.69) is 21.2 Å². The Balaban J connectivity index is 2.89. The highest BCUT2D eigenvalue weighted by molar-refractivity contribution is 9.18. The van der Waals surface area contributed by atoms with Crippen molar-refractivity contribution in [2.75, 3.05) is 12.4 Å². The van der Waals surface area contributed by atoms with Crippen molar-refractivity contribution in [3.05, 3.63) is 24.0 Å². The fraction of sp³-hybridized carbons (Fsp3) is 0.125. The van der Waals surface area contributed by atoms with Crippen LogP contribution in [0.2, 0.25) is 0 Å². The lowest BCUT2D eigenvalue weighted by Crippen LogP contribution is -2.00. The number of ether oxygens (including phenoxy) is 1. The Hall–Kier alpha value is -1.10. The number of carbonyl (C=O) groups excluding carboxylic acids is 1. The van der Waals surface area contributed by atoms with Crippen molar-refractivity contribution in [2.24, 2.45) is 0 Å². The Kier molecular flexibility index (Phi) is 3.25. The number of benzene rings is 1. The number of nitrogens with one attached hydrogen (secondary N) is 1. The number of rotatable bonds is 2. The molecule has 0 radical (unpaired) electrons. The number of hydrogen-bond donors (Lipinski definition) is 1. The molecule has 70 valence electrons. The van der Waals surface area contributed by atoms with Crippen LogP contribution >= 0.6 is 15.9 Å². The molecule has 0 bridgehead atoms. The quantitative estimate of drug-likeness (QED) is 0.645. The second-order valence-electron chi connectivity index (χ2n) is 2.25. The van der Waals surface area contributed by atoms with Crippen LogP contribution in [0.1, 0.15) is 0 Å². The van der Waals surface area contributed by atoms with E-state index in [1.165, 1.54) is 19.2 Å². The minimum atomic E-state index is -0.513. The molecule has 0 aliphatic rings. The molecule has 3 nitrogen and oxygen atoms in total. The van der Waals surface area contributed by atoms with Gasteiger partial charge in [0.25, 0.3) is 4.82 Å². The molecule has 0 unspecified atom stereocenters. The Labute approximate surface area is 83.0 Å². The van der Waals surface area contributed by atoms with Crippen LogP contribution in [0.5, 0.6) is 5.75 Å². The summed E-state index contributed by atoms with van der Waals surface area (Å²) < 4.78 is 17.7. The van der Waals surface area contributed by atoms with Crippen LogP contribution in [0.25, 0.3) is 0 Å². The third kappa shape index (κ3) is 2.69. The van der Waals surface area contributed by atoms with Gasteiger partial charge >= 0.3 is 0 Å². The van der Waals surface area contributed by atoms with Crippen LogP contribution < -0.4 is 10.1 Å². The maximum atomic E-state index is 13.0.